The number of nitrogens with zero attached hydrogens (tertiary/aromatic N) is 3. The monoisotopic (exact) mass is 411 g/mol. The molecule has 158 valence electrons. The molecule has 9 heteroatoms. The molecule has 0 spiro atoms. The molecule has 0 aliphatic carbocycles. The normalized spacial score (nSPS) is 19.4. The molecule has 3 N–H and O–H groups in total. The number of hydrogen-bond donors (Lipinski definition) is 3. The zero-order chi connectivity index (χ0) is 21.5. The van der Waals surface area contributed by atoms with Crippen molar-refractivity contribution in [2.45, 2.75) is 45.7 Å². The first kappa shape index (κ1) is 19.9. The van der Waals surface area contributed by atoms with Gasteiger partial charge in [0.25, 0.3) is 0 Å². The van der Waals surface area contributed by atoms with Crippen molar-refractivity contribution in [3.8, 4) is 17.4 Å². The van der Waals surface area contributed by atoms with Crippen molar-refractivity contribution in [1.29, 1.82) is 0 Å². The van der Waals surface area contributed by atoms with Gasteiger partial charge in [-0.15, -0.1) is 0 Å². The molecular weight excluding hydrogens is 386 g/mol. The largest absolute Gasteiger partial charge is 0.475 e. The Labute approximate surface area is 173 Å². The number of hydrogen-bond acceptors (Lipinski definition) is 5. The average Bonchev–Trinajstić information content (AvgIpc) is 3.32. The number of carboxylic acid groups (broad SMARTS) is 1. The Morgan fingerprint density at radius 1 is 1.30 bits per heavy atom. The zero-order valence-electron chi connectivity index (χ0n) is 17.2. The van der Waals surface area contributed by atoms with Gasteiger partial charge < -0.3 is 9.84 Å². The van der Waals surface area contributed by atoms with Gasteiger partial charge in [0.05, 0.1) is 6.04 Å². The second-order valence-corrected chi connectivity index (χ2v) is 8.67. The number of likely N-dealkylation sites (tertiary alicyclic amines) is 1. The van der Waals surface area contributed by atoms with Crippen LogP contribution < -0.4 is 10.4 Å². The van der Waals surface area contributed by atoms with Crippen molar-refractivity contribution in [2.75, 3.05) is 6.61 Å². The number of H-pyrrole nitrogens is 2. The molecule has 0 bridgehead atoms. The summed E-state index contributed by atoms with van der Waals surface area (Å²) in [6, 6.07) is 9.13. The molecule has 1 fully saturated rings. The highest BCUT2D eigenvalue weighted by Crippen LogP contribution is 2.37. The standard InChI is InChI=1S/C21H25N5O4/c1-21(2,3)16-9-8-13(26(16)20(28)29)11-30-18-14-7-5-4-6-12(14)10-15(22-18)17-23-19(27)25-24-17/h4-7,10,13,16H,8-9,11H2,1-3H3,(H,28,29)(H2,23,24,25,27). The van der Waals surface area contributed by atoms with Gasteiger partial charge in [0.2, 0.25) is 5.88 Å². The van der Waals surface area contributed by atoms with E-state index in [-0.39, 0.29) is 24.1 Å². The summed E-state index contributed by atoms with van der Waals surface area (Å²) in [7, 11) is 0. The molecule has 0 radical (unpaired) electrons. The van der Waals surface area contributed by atoms with Gasteiger partial charge in [0.1, 0.15) is 12.3 Å². The third kappa shape index (κ3) is 3.74. The lowest BCUT2D eigenvalue weighted by molar-refractivity contribution is 0.0727. The molecule has 2 unspecified atom stereocenters. The highest BCUT2D eigenvalue weighted by atomic mass is 16.5. The van der Waals surface area contributed by atoms with Crippen molar-refractivity contribution in [1.82, 2.24) is 25.1 Å². The smallest absolute Gasteiger partial charge is 0.407 e. The second kappa shape index (κ2) is 7.47. The summed E-state index contributed by atoms with van der Waals surface area (Å²) >= 11 is 0. The van der Waals surface area contributed by atoms with Crippen LogP contribution in [0.15, 0.2) is 35.1 Å². The molecule has 1 amide bonds. The van der Waals surface area contributed by atoms with E-state index in [2.05, 4.69) is 40.9 Å². The Hall–Kier alpha value is -3.36. The van der Waals surface area contributed by atoms with Crippen LogP contribution in [0.5, 0.6) is 5.88 Å². The lowest BCUT2D eigenvalue weighted by Crippen LogP contribution is -2.48. The molecule has 1 aliphatic rings. The molecule has 0 saturated carbocycles. The third-order valence-corrected chi connectivity index (χ3v) is 5.58. The van der Waals surface area contributed by atoms with Crippen molar-refractivity contribution in [2.24, 2.45) is 5.41 Å². The molecule has 2 aromatic heterocycles. The van der Waals surface area contributed by atoms with E-state index < -0.39 is 11.8 Å². The van der Waals surface area contributed by atoms with Gasteiger partial charge in [0.15, 0.2) is 5.82 Å². The van der Waals surface area contributed by atoms with Crippen molar-refractivity contribution in [3.63, 3.8) is 0 Å². The lowest BCUT2D eigenvalue weighted by atomic mass is 9.85. The highest BCUT2D eigenvalue weighted by Gasteiger charge is 2.43. The molecule has 1 aromatic carbocycles. The van der Waals surface area contributed by atoms with Crippen LogP contribution in [0.4, 0.5) is 4.79 Å². The summed E-state index contributed by atoms with van der Waals surface area (Å²) in [5.41, 5.74) is -0.0982. The van der Waals surface area contributed by atoms with Gasteiger partial charge in [-0.2, -0.15) is 5.10 Å². The van der Waals surface area contributed by atoms with Crippen LogP contribution in [0.2, 0.25) is 0 Å². The maximum absolute atomic E-state index is 11.9. The van der Waals surface area contributed by atoms with Crippen molar-refractivity contribution < 1.29 is 14.6 Å². The summed E-state index contributed by atoms with van der Waals surface area (Å²) in [4.78, 5) is 32.0. The van der Waals surface area contributed by atoms with E-state index in [1.54, 1.807) is 0 Å². The number of ether oxygens (including phenoxy) is 1. The molecule has 1 aliphatic heterocycles. The Kier molecular flexibility index (Phi) is 4.97. The van der Waals surface area contributed by atoms with Gasteiger partial charge in [-0.1, -0.05) is 39.0 Å². The van der Waals surface area contributed by atoms with E-state index in [1.165, 1.54) is 4.90 Å². The van der Waals surface area contributed by atoms with E-state index in [0.29, 0.717) is 17.4 Å². The number of carbonyl (C=O) groups is 1. The van der Waals surface area contributed by atoms with Crippen molar-refractivity contribution in [3.05, 3.63) is 40.8 Å². The van der Waals surface area contributed by atoms with Crippen LogP contribution in [0.25, 0.3) is 22.3 Å². The zero-order valence-corrected chi connectivity index (χ0v) is 17.2. The van der Waals surface area contributed by atoms with Crippen molar-refractivity contribution >= 4 is 16.9 Å². The first-order chi connectivity index (χ1) is 14.2. The van der Waals surface area contributed by atoms with Crippen LogP contribution >= 0.6 is 0 Å². The quantitative estimate of drug-likeness (QED) is 0.605. The number of fused-ring (bicyclic) bond motifs is 1. The van der Waals surface area contributed by atoms with Crippen LogP contribution in [0, 0.1) is 5.41 Å². The number of nitrogens with one attached hydrogen (secondary N) is 2. The van der Waals surface area contributed by atoms with Gasteiger partial charge in [0, 0.05) is 11.4 Å². The minimum Gasteiger partial charge on any atom is -0.475 e. The minimum absolute atomic E-state index is 0.0613. The fourth-order valence-corrected chi connectivity index (χ4v) is 4.15. The van der Waals surface area contributed by atoms with Crippen LogP contribution in [-0.4, -0.2) is 55.0 Å². The van der Waals surface area contributed by atoms with Gasteiger partial charge >= 0.3 is 11.8 Å². The molecule has 30 heavy (non-hydrogen) atoms. The van der Waals surface area contributed by atoms with Crippen LogP contribution in [0.3, 0.4) is 0 Å². The first-order valence-electron chi connectivity index (χ1n) is 9.93. The summed E-state index contributed by atoms with van der Waals surface area (Å²) in [6.07, 6.45) is 0.604. The molecule has 2 atom stereocenters. The van der Waals surface area contributed by atoms with E-state index in [4.69, 9.17) is 4.74 Å². The van der Waals surface area contributed by atoms with Crippen LogP contribution in [0.1, 0.15) is 33.6 Å². The fraction of sp³-hybridized carbons (Fsp3) is 0.429. The number of aromatic nitrogens is 4. The summed E-state index contributed by atoms with van der Waals surface area (Å²) < 4.78 is 6.07. The topological polar surface area (TPSA) is 124 Å². The van der Waals surface area contributed by atoms with E-state index >= 15 is 0 Å². The van der Waals surface area contributed by atoms with Gasteiger partial charge in [-0.05, 0) is 35.8 Å². The number of benzene rings is 1. The van der Waals surface area contributed by atoms with Crippen LogP contribution in [-0.2, 0) is 0 Å². The van der Waals surface area contributed by atoms with Gasteiger partial charge in [-0.25, -0.2) is 19.7 Å². The third-order valence-electron chi connectivity index (χ3n) is 5.58. The molecule has 9 nitrogen and oxygen atoms in total. The molecule has 3 heterocycles. The maximum atomic E-state index is 11.9. The molecule has 1 saturated heterocycles. The molecule has 4 rings (SSSR count). The maximum Gasteiger partial charge on any atom is 0.407 e. The summed E-state index contributed by atoms with van der Waals surface area (Å²) in [5.74, 6) is 0.702. The molecule has 3 aromatic rings. The number of pyridine rings is 1. The predicted molar refractivity (Wildman–Crippen MR) is 112 cm³/mol. The van der Waals surface area contributed by atoms with E-state index in [0.717, 1.165) is 23.6 Å². The SMILES string of the molecule is CC(C)(C)C1CCC(COc2nc(-c3n[nH]c(=O)[nH]3)cc3ccccc23)N1C(=O)O. The first-order valence-corrected chi connectivity index (χ1v) is 9.93. The second-order valence-electron chi connectivity index (χ2n) is 8.67. The lowest BCUT2D eigenvalue weighted by Gasteiger charge is -2.35. The fourth-order valence-electron chi connectivity index (χ4n) is 4.15. The Morgan fingerprint density at radius 3 is 2.73 bits per heavy atom. The predicted octanol–water partition coefficient (Wildman–Crippen LogP) is 3.25. The number of aromatic amines is 2. The number of rotatable bonds is 4. The van der Waals surface area contributed by atoms with E-state index in [9.17, 15) is 14.7 Å². The Balaban J connectivity index is 1.64. The Bertz CT molecular complexity index is 1130. The van der Waals surface area contributed by atoms with Gasteiger partial charge in [-0.3, -0.25) is 9.88 Å². The summed E-state index contributed by atoms with van der Waals surface area (Å²) in [6.45, 7) is 6.37. The number of amides is 1. The molecular formula is C21H25N5O4. The summed E-state index contributed by atoms with van der Waals surface area (Å²) in [5, 5.41) is 17.8. The Morgan fingerprint density at radius 2 is 2.07 bits per heavy atom. The minimum atomic E-state index is -0.929. The van der Waals surface area contributed by atoms with E-state index in [1.807, 2.05) is 30.3 Å². The average molecular weight is 411 g/mol. The highest BCUT2D eigenvalue weighted by molar-refractivity contribution is 5.89.